The third-order valence-electron chi connectivity index (χ3n) is 7.08. The van der Waals surface area contributed by atoms with Gasteiger partial charge in [0.1, 0.15) is 5.82 Å². The van der Waals surface area contributed by atoms with E-state index in [4.69, 9.17) is 4.74 Å². The molecule has 3 atom stereocenters. The lowest BCUT2D eigenvalue weighted by atomic mass is 9.77. The minimum Gasteiger partial charge on any atom is -0.349 e. The number of rotatable bonds is 2. The van der Waals surface area contributed by atoms with Crippen LogP contribution in [0.5, 0.6) is 0 Å². The monoisotopic (exact) mass is 455 g/mol. The van der Waals surface area contributed by atoms with Crippen LogP contribution in [0.2, 0.25) is 0 Å². The molecule has 168 valence electrons. The molecule has 3 aliphatic rings. The van der Waals surface area contributed by atoms with Crippen molar-refractivity contribution in [2.24, 2.45) is 11.8 Å². The number of imide groups is 1. The Balaban J connectivity index is 1.57. The second kappa shape index (κ2) is 7.01. The summed E-state index contributed by atoms with van der Waals surface area (Å²) in [4.78, 5) is 55.8. The highest BCUT2D eigenvalue weighted by Gasteiger charge is 2.74. The lowest BCUT2D eigenvalue weighted by molar-refractivity contribution is -0.127. The molecule has 0 N–H and O–H groups in total. The number of benzene rings is 3. The van der Waals surface area contributed by atoms with E-state index < -0.39 is 52.7 Å². The minimum absolute atomic E-state index is 0.0542. The second-order valence-electron chi connectivity index (χ2n) is 8.83. The predicted octanol–water partition coefficient (Wildman–Crippen LogP) is 3.83. The summed E-state index contributed by atoms with van der Waals surface area (Å²) < 4.78 is 20.2. The first kappa shape index (κ1) is 20.6. The molecule has 6 rings (SSSR count). The Bertz CT molecular complexity index is 1390. The molecular formula is C27H18FNO5. The maximum absolute atomic E-state index is 14.0. The summed E-state index contributed by atoms with van der Waals surface area (Å²) in [5.41, 5.74) is -0.340. The lowest BCUT2D eigenvalue weighted by Crippen LogP contribution is -2.51. The lowest BCUT2D eigenvalue weighted by Gasteiger charge is -2.27. The fourth-order valence-corrected chi connectivity index (χ4v) is 5.58. The van der Waals surface area contributed by atoms with Gasteiger partial charge in [0.05, 0.1) is 23.6 Å². The Labute approximate surface area is 193 Å². The van der Waals surface area contributed by atoms with E-state index in [1.54, 1.807) is 24.3 Å². The first-order chi connectivity index (χ1) is 16.4. The molecule has 2 amide bonds. The standard InChI is InChI=1S/C27H18FNO5/c1-14-7-2-3-10-17(14)22-20-21(26(33)29(25(20)32)16-9-6-8-15(28)13-16)27(34-22)23(30)18-11-4-5-12-19(18)24(27)31/h2-13,20-22H,1H3/t20-,21-,22+/m0/s1. The average molecular weight is 455 g/mol. The van der Waals surface area contributed by atoms with E-state index in [2.05, 4.69) is 0 Å². The number of aryl methyl sites for hydroxylation is 1. The summed E-state index contributed by atoms with van der Waals surface area (Å²) in [6.07, 6.45) is -0.997. The maximum Gasteiger partial charge on any atom is 0.241 e. The molecule has 2 heterocycles. The van der Waals surface area contributed by atoms with E-state index in [0.717, 1.165) is 16.5 Å². The van der Waals surface area contributed by atoms with Crippen LogP contribution in [0.25, 0.3) is 0 Å². The Kier molecular flexibility index (Phi) is 4.25. The van der Waals surface area contributed by atoms with Crippen LogP contribution in [0.3, 0.4) is 0 Å². The van der Waals surface area contributed by atoms with Gasteiger partial charge >= 0.3 is 0 Å². The molecule has 0 bridgehead atoms. The number of fused-ring (bicyclic) bond motifs is 3. The molecule has 7 heteroatoms. The highest BCUT2D eigenvalue weighted by molar-refractivity contribution is 6.37. The van der Waals surface area contributed by atoms with E-state index >= 15 is 0 Å². The number of hydrogen-bond donors (Lipinski definition) is 0. The number of Topliss-reactive ketones (excluding diaryl/α,β-unsaturated/α-hetero) is 2. The molecule has 0 radical (unpaired) electrons. The van der Waals surface area contributed by atoms with Crippen LogP contribution in [0, 0.1) is 24.6 Å². The van der Waals surface area contributed by atoms with Gasteiger partial charge in [0.2, 0.25) is 29.0 Å². The topological polar surface area (TPSA) is 80.8 Å². The van der Waals surface area contributed by atoms with E-state index in [1.807, 2.05) is 19.1 Å². The van der Waals surface area contributed by atoms with Crippen molar-refractivity contribution >= 4 is 29.1 Å². The quantitative estimate of drug-likeness (QED) is 0.433. The molecular weight excluding hydrogens is 437 g/mol. The largest absolute Gasteiger partial charge is 0.349 e. The van der Waals surface area contributed by atoms with Gasteiger partial charge in [0, 0.05) is 11.1 Å². The smallest absolute Gasteiger partial charge is 0.241 e. The zero-order valence-electron chi connectivity index (χ0n) is 18.0. The molecule has 0 saturated carbocycles. The number of ketones is 2. The molecule has 3 aromatic carbocycles. The van der Waals surface area contributed by atoms with Crippen LogP contribution in [0.4, 0.5) is 10.1 Å². The number of halogens is 1. The molecule has 1 spiro atoms. The fraction of sp³-hybridized carbons (Fsp3) is 0.185. The van der Waals surface area contributed by atoms with Gasteiger partial charge in [-0.1, -0.05) is 54.6 Å². The van der Waals surface area contributed by atoms with Crippen LogP contribution in [0.15, 0.2) is 72.8 Å². The Morgan fingerprint density at radius 1 is 0.824 bits per heavy atom. The summed E-state index contributed by atoms with van der Waals surface area (Å²) in [5, 5.41) is 0. The molecule has 34 heavy (non-hydrogen) atoms. The molecule has 0 aromatic heterocycles. The molecule has 2 saturated heterocycles. The van der Waals surface area contributed by atoms with Crippen molar-refractivity contribution in [2.75, 3.05) is 4.90 Å². The van der Waals surface area contributed by atoms with Crippen molar-refractivity contribution in [3.8, 4) is 0 Å². The van der Waals surface area contributed by atoms with Gasteiger partial charge in [0.25, 0.3) is 0 Å². The van der Waals surface area contributed by atoms with Gasteiger partial charge in [-0.05, 0) is 36.2 Å². The zero-order chi connectivity index (χ0) is 23.8. The van der Waals surface area contributed by atoms with Gasteiger partial charge in [0.15, 0.2) is 0 Å². The number of hydrogen-bond acceptors (Lipinski definition) is 5. The molecule has 1 aliphatic carbocycles. The molecule has 6 nitrogen and oxygen atoms in total. The van der Waals surface area contributed by atoms with Crippen molar-refractivity contribution in [2.45, 2.75) is 18.6 Å². The summed E-state index contributed by atoms with van der Waals surface area (Å²) in [6, 6.07) is 18.6. The highest BCUT2D eigenvalue weighted by Crippen LogP contribution is 2.58. The first-order valence-electron chi connectivity index (χ1n) is 10.9. The summed E-state index contributed by atoms with van der Waals surface area (Å²) in [7, 11) is 0. The first-order valence-corrected chi connectivity index (χ1v) is 10.9. The van der Waals surface area contributed by atoms with E-state index in [-0.39, 0.29) is 16.8 Å². The number of amides is 2. The molecule has 2 fully saturated rings. The zero-order valence-corrected chi connectivity index (χ0v) is 18.0. The summed E-state index contributed by atoms with van der Waals surface area (Å²) in [6.45, 7) is 1.83. The SMILES string of the molecule is Cc1ccccc1[C@H]1OC2(C(=O)c3ccccc3C2=O)[C@@H]2C(=O)N(c3cccc(F)c3)C(=O)[C@H]12. The fourth-order valence-electron chi connectivity index (χ4n) is 5.58. The number of carbonyl (C=O) groups excluding carboxylic acids is 4. The number of carbonyl (C=O) groups is 4. The van der Waals surface area contributed by atoms with E-state index in [1.165, 1.54) is 30.3 Å². The summed E-state index contributed by atoms with van der Waals surface area (Å²) >= 11 is 0. The van der Waals surface area contributed by atoms with Gasteiger partial charge in [-0.15, -0.1) is 0 Å². The maximum atomic E-state index is 14.0. The van der Waals surface area contributed by atoms with Crippen LogP contribution in [-0.4, -0.2) is 29.0 Å². The van der Waals surface area contributed by atoms with Crippen LogP contribution in [0.1, 0.15) is 37.9 Å². The summed E-state index contributed by atoms with van der Waals surface area (Å²) in [5.74, 6) is -5.70. The average Bonchev–Trinajstić information content (AvgIpc) is 3.39. The highest BCUT2D eigenvalue weighted by atomic mass is 19.1. The molecule has 2 aliphatic heterocycles. The van der Waals surface area contributed by atoms with Gasteiger partial charge in [-0.3, -0.25) is 19.2 Å². The van der Waals surface area contributed by atoms with Crippen molar-refractivity contribution in [1.82, 2.24) is 0 Å². The molecule has 0 unspecified atom stereocenters. The van der Waals surface area contributed by atoms with Gasteiger partial charge < -0.3 is 4.74 Å². The Morgan fingerprint density at radius 3 is 2.12 bits per heavy atom. The number of anilines is 1. The van der Waals surface area contributed by atoms with Gasteiger partial charge in [-0.25, -0.2) is 9.29 Å². The van der Waals surface area contributed by atoms with Crippen molar-refractivity contribution < 1.29 is 28.3 Å². The Morgan fingerprint density at radius 2 is 1.47 bits per heavy atom. The number of ether oxygens (including phenoxy) is 1. The van der Waals surface area contributed by atoms with E-state index in [9.17, 15) is 23.6 Å². The third-order valence-corrected chi connectivity index (χ3v) is 7.08. The van der Waals surface area contributed by atoms with Crippen molar-refractivity contribution in [3.05, 3.63) is 101 Å². The van der Waals surface area contributed by atoms with Crippen LogP contribution in [-0.2, 0) is 14.3 Å². The Hall–Kier alpha value is -3.97. The second-order valence-corrected chi connectivity index (χ2v) is 8.83. The van der Waals surface area contributed by atoms with Crippen LogP contribution < -0.4 is 4.90 Å². The van der Waals surface area contributed by atoms with Crippen molar-refractivity contribution in [3.63, 3.8) is 0 Å². The third kappa shape index (κ3) is 2.47. The normalized spacial score (nSPS) is 24.8. The van der Waals surface area contributed by atoms with Gasteiger partial charge in [-0.2, -0.15) is 0 Å². The van der Waals surface area contributed by atoms with E-state index in [0.29, 0.717) is 5.56 Å². The predicted molar refractivity (Wildman–Crippen MR) is 119 cm³/mol. The number of nitrogens with zero attached hydrogens (tertiary/aromatic N) is 1. The minimum atomic E-state index is -2.14. The van der Waals surface area contributed by atoms with Crippen molar-refractivity contribution in [1.29, 1.82) is 0 Å². The van der Waals surface area contributed by atoms with Crippen LogP contribution >= 0.6 is 0 Å². The molecule has 3 aromatic rings.